The van der Waals surface area contributed by atoms with E-state index in [2.05, 4.69) is 14.1 Å². The molecule has 0 aliphatic heterocycles. The monoisotopic (exact) mass is 231 g/mol. The fourth-order valence-corrected chi connectivity index (χ4v) is 1.16. The molecule has 0 atom stereocenters. The summed E-state index contributed by atoms with van der Waals surface area (Å²) in [5, 5.41) is 10.7. The van der Waals surface area contributed by atoms with E-state index in [0.29, 0.717) is 0 Å². The number of ether oxygens (including phenoxy) is 1. The predicted octanol–water partition coefficient (Wildman–Crippen LogP) is -0.631. The molecule has 0 fully saturated rings. The molecule has 2 N–H and O–H groups in total. The van der Waals surface area contributed by atoms with Gasteiger partial charge in [-0.25, -0.2) is 4.79 Å². The smallest absolute Gasteiger partial charge is 0.329 e. The Morgan fingerprint density at radius 2 is 2.40 bits per heavy atom. The number of carboxylic acids is 1. The van der Waals surface area contributed by atoms with Gasteiger partial charge in [0.15, 0.2) is 5.69 Å². The number of nitrogens with zero attached hydrogens (tertiary/aromatic N) is 2. The summed E-state index contributed by atoms with van der Waals surface area (Å²) >= 11 is 0.946. The Kier molecular flexibility index (Phi) is 4.64. The molecule has 1 heterocycles. The van der Waals surface area contributed by atoms with E-state index in [1.807, 2.05) is 0 Å². The largest absolute Gasteiger partial charge is 0.480 e. The van der Waals surface area contributed by atoms with Gasteiger partial charge >= 0.3 is 5.97 Å². The minimum absolute atomic E-state index is 0.148. The minimum Gasteiger partial charge on any atom is -0.480 e. The summed E-state index contributed by atoms with van der Waals surface area (Å²) in [5.41, 5.74) is 0.248. The average molecular weight is 231 g/mol. The van der Waals surface area contributed by atoms with E-state index < -0.39 is 5.97 Å². The lowest BCUT2D eigenvalue weighted by Gasteiger charge is -2.02. The van der Waals surface area contributed by atoms with E-state index in [1.165, 1.54) is 6.20 Å². The zero-order valence-electron chi connectivity index (χ0n) is 7.67. The van der Waals surface area contributed by atoms with Crippen LogP contribution in [0.4, 0.5) is 0 Å². The third-order valence-corrected chi connectivity index (χ3v) is 1.83. The second-order valence-corrected chi connectivity index (χ2v) is 3.05. The lowest BCUT2D eigenvalue weighted by atomic mass is 10.4. The van der Waals surface area contributed by atoms with Crippen molar-refractivity contribution in [2.24, 2.45) is 0 Å². The number of hydrogen-bond donors (Lipinski definition) is 2. The van der Waals surface area contributed by atoms with Crippen LogP contribution in [-0.4, -0.2) is 45.5 Å². The molecule has 0 saturated carbocycles. The summed E-state index contributed by atoms with van der Waals surface area (Å²) in [6.45, 7) is 0.0212. The van der Waals surface area contributed by atoms with Crippen molar-refractivity contribution in [1.82, 2.24) is 14.1 Å². The molecule has 0 unspecified atom stereocenters. The van der Waals surface area contributed by atoms with Gasteiger partial charge in [-0.3, -0.25) is 4.79 Å². The van der Waals surface area contributed by atoms with E-state index >= 15 is 0 Å². The van der Waals surface area contributed by atoms with Crippen molar-refractivity contribution in [3.63, 3.8) is 0 Å². The van der Waals surface area contributed by atoms with E-state index in [0.717, 1.165) is 11.7 Å². The zero-order valence-corrected chi connectivity index (χ0v) is 8.49. The number of carbonyl (C=O) groups excluding carboxylic acids is 1. The van der Waals surface area contributed by atoms with E-state index in [4.69, 9.17) is 9.84 Å². The SMILES string of the molecule is O=C(O)COCCNC(=O)c1cnsn1. The van der Waals surface area contributed by atoms with Crippen LogP contribution in [0.25, 0.3) is 0 Å². The highest BCUT2D eigenvalue weighted by Crippen LogP contribution is 1.93. The van der Waals surface area contributed by atoms with Gasteiger partial charge in [-0.05, 0) is 0 Å². The molecule has 82 valence electrons. The molecule has 7 nitrogen and oxygen atoms in total. The van der Waals surface area contributed by atoms with Gasteiger partial charge in [0, 0.05) is 6.54 Å². The van der Waals surface area contributed by atoms with Crippen molar-refractivity contribution in [1.29, 1.82) is 0 Å². The molecule has 1 amide bonds. The second-order valence-electron chi connectivity index (χ2n) is 2.49. The fourth-order valence-electron chi connectivity index (χ4n) is 0.751. The van der Waals surface area contributed by atoms with Gasteiger partial charge in [-0.1, -0.05) is 0 Å². The van der Waals surface area contributed by atoms with Gasteiger partial charge in [0.25, 0.3) is 5.91 Å². The van der Waals surface area contributed by atoms with Crippen molar-refractivity contribution in [2.45, 2.75) is 0 Å². The van der Waals surface area contributed by atoms with Crippen LogP contribution < -0.4 is 5.32 Å². The van der Waals surface area contributed by atoms with Crippen LogP contribution in [0.5, 0.6) is 0 Å². The number of carbonyl (C=O) groups is 2. The third-order valence-electron chi connectivity index (χ3n) is 1.35. The molecular weight excluding hydrogens is 222 g/mol. The average Bonchev–Trinajstić information content (AvgIpc) is 2.69. The molecule has 0 aliphatic carbocycles. The molecule has 1 aromatic heterocycles. The van der Waals surface area contributed by atoms with Crippen molar-refractivity contribution >= 4 is 23.6 Å². The van der Waals surface area contributed by atoms with E-state index in [9.17, 15) is 9.59 Å². The summed E-state index contributed by atoms with van der Waals surface area (Å²) < 4.78 is 12.1. The van der Waals surface area contributed by atoms with Gasteiger partial charge in [-0.15, -0.1) is 0 Å². The summed E-state index contributed by atoms with van der Waals surface area (Å²) in [5.74, 6) is -1.38. The number of aliphatic carboxylic acids is 1. The first-order chi connectivity index (χ1) is 7.20. The van der Waals surface area contributed by atoms with Crippen LogP contribution in [-0.2, 0) is 9.53 Å². The molecule has 0 bridgehead atoms. The first-order valence-electron chi connectivity index (χ1n) is 4.05. The Morgan fingerprint density at radius 1 is 1.60 bits per heavy atom. The Balaban J connectivity index is 2.10. The van der Waals surface area contributed by atoms with Gasteiger partial charge in [0.1, 0.15) is 6.61 Å². The minimum atomic E-state index is -1.04. The number of hydrogen-bond acceptors (Lipinski definition) is 6. The number of amides is 1. The molecule has 0 aliphatic rings. The highest BCUT2D eigenvalue weighted by Gasteiger charge is 2.07. The summed E-state index contributed by atoms with van der Waals surface area (Å²) in [4.78, 5) is 21.3. The number of rotatable bonds is 6. The number of carboxylic acid groups (broad SMARTS) is 1. The maximum atomic E-state index is 11.2. The molecule has 0 aromatic carbocycles. The molecule has 0 spiro atoms. The molecule has 8 heteroatoms. The Labute approximate surface area is 89.4 Å². The first-order valence-corrected chi connectivity index (χ1v) is 4.78. The van der Waals surface area contributed by atoms with Crippen molar-refractivity contribution < 1.29 is 19.4 Å². The summed E-state index contributed by atoms with van der Waals surface area (Å²) in [6, 6.07) is 0. The van der Waals surface area contributed by atoms with Gasteiger partial charge < -0.3 is 15.2 Å². The first kappa shape index (κ1) is 11.5. The Bertz CT molecular complexity index is 327. The predicted molar refractivity (Wildman–Crippen MR) is 50.7 cm³/mol. The van der Waals surface area contributed by atoms with Gasteiger partial charge in [0.2, 0.25) is 0 Å². The van der Waals surface area contributed by atoms with E-state index in [-0.39, 0.29) is 31.4 Å². The lowest BCUT2D eigenvalue weighted by molar-refractivity contribution is -0.142. The van der Waals surface area contributed by atoms with Gasteiger partial charge in [-0.2, -0.15) is 8.75 Å². The van der Waals surface area contributed by atoms with Crippen LogP contribution in [0.1, 0.15) is 10.5 Å². The van der Waals surface area contributed by atoms with Crippen LogP contribution in [0.15, 0.2) is 6.20 Å². The van der Waals surface area contributed by atoms with Crippen molar-refractivity contribution in [2.75, 3.05) is 19.8 Å². The highest BCUT2D eigenvalue weighted by atomic mass is 32.1. The number of nitrogens with one attached hydrogen (secondary N) is 1. The molecule has 15 heavy (non-hydrogen) atoms. The summed E-state index contributed by atoms with van der Waals surface area (Å²) in [7, 11) is 0. The third kappa shape index (κ3) is 4.47. The molecule has 0 radical (unpaired) electrons. The normalized spacial score (nSPS) is 9.87. The molecular formula is C7H9N3O4S. The summed E-state index contributed by atoms with van der Waals surface area (Å²) in [6.07, 6.45) is 1.36. The second kappa shape index (κ2) is 6.04. The molecule has 1 aromatic rings. The van der Waals surface area contributed by atoms with Crippen LogP contribution in [0.2, 0.25) is 0 Å². The Morgan fingerprint density at radius 3 is 3.00 bits per heavy atom. The fraction of sp³-hybridized carbons (Fsp3) is 0.429. The molecule has 1 rings (SSSR count). The number of aromatic nitrogens is 2. The van der Waals surface area contributed by atoms with E-state index in [1.54, 1.807) is 0 Å². The Hall–Kier alpha value is -1.54. The zero-order chi connectivity index (χ0) is 11.1. The maximum Gasteiger partial charge on any atom is 0.329 e. The topological polar surface area (TPSA) is 101 Å². The maximum absolute atomic E-state index is 11.2. The van der Waals surface area contributed by atoms with Crippen LogP contribution >= 0.6 is 11.7 Å². The standard InChI is InChI=1S/C7H9N3O4S/c11-6(12)4-14-2-1-8-7(13)5-3-9-15-10-5/h3H,1-2,4H2,(H,8,13)(H,11,12). The quantitative estimate of drug-likeness (QED) is 0.632. The highest BCUT2D eigenvalue weighted by molar-refractivity contribution is 6.99. The molecule has 0 saturated heterocycles. The van der Waals surface area contributed by atoms with Crippen molar-refractivity contribution in [3.8, 4) is 0 Å². The van der Waals surface area contributed by atoms with Crippen LogP contribution in [0.3, 0.4) is 0 Å². The van der Waals surface area contributed by atoms with Gasteiger partial charge in [0.05, 0.1) is 24.5 Å². The van der Waals surface area contributed by atoms with Crippen molar-refractivity contribution in [3.05, 3.63) is 11.9 Å². The lowest BCUT2D eigenvalue weighted by Crippen LogP contribution is -2.28. The van der Waals surface area contributed by atoms with Crippen LogP contribution in [0, 0.1) is 0 Å².